The lowest BCUT2D eigenvalue weighted by atomic mass is 10.2. The first kappa shape index (κ1) is 15.1. The van der Waals surface area contributed by atoms with E-state index in [1.54, 1.807) is 6.26 Å². The van der Waals surface area contributed by atoms with Crippen molar-refractivity contribution in [3.05, 3.63) is 33.8 Å². The quantitative estimate of drug-likeness (QED) is 0.877. The normalized spacial score (nSPS) is 11.9. The lowest BCUT2D eigenvalue weighted by Gasteiger charge is -2.13. The van der Waals surface area contributed by atoms with Crippen LogP contribution in [0, 0.1) is 0 Å². The zero-order valence-corrected chi connectivity index (χ0v) is 11.8. The minimum atomic E-state index is -1.08. The molecule has 0 bridgehead atoms. The molecule has 4 nitrogen and oxygen atoms in total. The molecule has 0 spiro atoms. The largest absolute Gasteiger partial charge is 0.480 e. The van der Waals surface area contributed by atoms with Crippen molar-refractivity contribution in [1.82, 2.24) is 5.32 Å². The third-order valence-electron chi connectivity index (χ3n) is 2.11. The van der Waals surface area contributed by atoms with Crippen LogP contribution in [0.2, 0.25) is 10.0 Å². The first-order valence-electron chi connectivity index (χ1n) is 4.93. The van der Waals surface area contributed by atoms with E-state index in [1.165, 1.54) is 30.0 Å². The number of benzene rings is 1. The zero-order chi connectivity index (χ0) is 13.7. The maximum absolute atomic E-state index is 11.9. The van der Waals surface area contributed by atoms with Crippen molar-refractivity contribution in [3.63, 3.8) is 0 Å². The summed E-state index contributed by atoms with van der Waals surface area (Å²) >= 11 is 12.9. The lowest BCUT2D eigenvalue weighted by Crippen LogP contribution is -2.42. The fourth-order valence-corrected chi connectivity index (χ4v) is 2.30. The molecule has 7 heteroatoms. The van der Waals surface area contributed by atoms with Gasteiger partial charge < -0.3 is 10.4 Å². The predicted molar refractivity (Wildman–Crippen MR) is 73.7 cm³/mol. The molecule has 0 fully saturated rings. The second-order valence-corrected chi connectivity index (χ2v) is 5.20. The molecule has 1 amide bonds. The van der Waals surface area contributed by atoms with Gasteiger partial charge in [-0.2, -0.15) is 11.8 Å². The summed E-state index contributed by atoms with van der Waals surface area (Å²) < 4.78 is 0. The minimum absolute atomic E-state index is 0.188. The number of carbonyl (C=O) groups excluding carboxylic acids is 1. The van der Waals surface area contributed by atoms with Crippen molar-refractivity contribution in [2.24, 2.45) is 0 Å². The Kier molecular flexibility index (Phi) is 5.78. The molecule has 0 saturated heterocycles. The number of nitrogens with one attached hydrogen (secondary N) is 1. The Morgan fingerprint density at radius 2 is 2.11 bits per heavy atom. The summed E-state index contributed by atoms with van der Waals surface area (Å²) in [5, 5.41) is 11.9. The molecule has 0 heterocycles. The Labute approximate surface area is 119 Å². The third-order valence-corrected chi connectivity index (χ3v) is 3.33. The Morgan fingerprint density at radius 1 is 1.44 bits per heavy atom. The molecule has 18 heavy (non-hydrogen) atoms. The van der Waals surface area contributed by atoms with Crippen molar-refractivity contribution >= 4 is 46.8 Å². The van der Waals surface area contributed by atoms with Gasteiger partial charge in [0.15, 0.2) is 0 Å². The number of thioether (sulfide) groups is 1. The molecule has 0 aliphatic carbocycles. The number of carbonyl (C=O) groups is 2. The van der Waals surface area contributed by atoms with Crippen LogP contribution < -0.4 is 5.32 Å². The van der Waals surface area contributed by atoms with Crippen molar-refractivity contribution in [1.29, 1.82) is 0 Å². The Hall–Kier alpha value is -0.910. The van der Waals surface area contributed by atoms with E-state index in [0.29, 0.717) is 5.02 Å². The molecule has 1 aromatic rings. The maximum atomic E-state index is 11.9. The van der Waals surface area contributed by atoms with Crippen molar-refractivity contribution in [3.8, 4) is 0 Å². The van der Waals surface area contributed by atoms with Crippen LogP contribution >= 0.6 is 35.0 Å². The van der Waals surface area contributed by atoms with Crippen molar-refractivity contribution < 1.29 is 14.7 Å². The second-order valence-electron chi connectivity index (χ2n) is 3.44. The summed E-state index contributed by atoms with van der Waals surface area (Å²) in [7, 11) is 0. The molecule has 1 unspecified atom stereocenters. The van der Waals surface area contributed by atoms with Gasteiger partial charge in [-0.25, -0.2) is 4.79 Å². The van der Waals surface area contributed by atoms with Gasteiger partial charge in [0.05, 0.1) is 10.6 Å². The van der Waals surface area contributed by atoms with Crippen molar-refractivity contribution in [2.45, 2.75) is 6.04 Å². The monoisotopic (exact) mass is 307 g/mol. The lowest BCUT2D eigenvalue weighted by molar-refractivity contribution is -0.138. The van der Waals surface area contributed by atoms with Crippen LogP contribution in [0.3, 0.4) is 0 Å². The zero-order valence-electron chi connectivity index (χ0n) is 9.44. The molecule has 1 aromatic carbocycles. The maximum Gasteiger partial charge on any atom is 0.327 e. The first-order valence-corrected chi connectivity index (χ1v) is 7.08. The number of aliphatic carboxylic acids is 1. The van der Waals surface area contributed by atoms with Gasteiger partial charge in [0, 0.05) is 10.8 Å². The summed E-state index contributed by atoms with van der Waals surface area (Å²) in [5.41, 5.74) is 0.202. The van der Waals surface area contributed by atoms with E-state index in [9.17, 15) is 9.59 Å². The number of amides is 1. The number of carboxylic acids is 1. The van der Waals surface area contributed by atoms with Crippen molar-refractivity contribution in [2.75, 3.05) is 12.0 Å². The summed E-state index contributed by atoms with van der Waals surface area (Å²) in [4.78, 5) is 22.8. The van der Waals surface area contributed by atoms with Gasteiger partial charge in [0.25, 0.3) is 5.91 Å². The predicted octanol–water partition coefficient (Wildman–Crippen LogP) is 2.54. The summed E-state index contributed by atoms with van der Waals surface area (Å²) in [6.45, 7) is 0. The molecule has 0 saturated carbocycles. The van der Waals surface area contributed by atoms with E-state index in [4.69, 9.17) is 28.3 Å². The first-order chi connectivity index (χ1) is 8.45. The van der Waals surface area contributed by atoms with E-state index in [1.807, 2.05) is 0 Å². The van der Waals surface area contributed by atoms with E-state index in [0.717, 1.165) is 0 Å². The molecule has 0 aromatic heterocycles. The van der Waals surface area contributed by atoms with Crippen LogP contribution in [0.4, 0.5) is 0 Å². The molecule has 0 radical (unpaired) electrons. The summed E-state index contributed by atoms with van der Waals surface area (Å²) in [6.07, 6.45) is 1.76. The smallest absolute Gasteiger partial charge is 0.327 e. The number of hydrogen-bond acceptors (Lipinski definition) is 3. The standard InChI is InChI=1S/C11H11Cl2NO3S/c1-18-5-9(11(16)17)14-10(15)7-3-2-6(12)4-8(7)13/h2-4,9H,5H2,1H3,(H,14,15)(H,16,17). The molecule has 0 aliphatic heterocycles. The summed E-state index contributed by atoms with van der Waals surface area (Å²) in [5.74, 6) is -1.33. The fourth-order valence-electron chi connectivity index (χ4n) is 1.25. The van der Waals surface area contributed by atoms with Crippen LogP contribution in [0.1, 0.15) is 10.4 Å². The van der Waals surface area contributed by atoms with E-state index in [2.05, 4.69) is 5.32 Å². The van der Waals surface area contributed by atoms with Crippen LogP contribution in [-0.4, -0.2) is 35.0 Å². The van der Waals surface area contributed by atoms with Crippen LogP contribution in [-0.2, 0) is 4.79 Å². The van der Waals surface area contributed by atoms with Gasteiger partial charge in [-0.1, -0.05) is 23.2 Å². The van der Waals surface area contributed by atoms with Gasteiger partial charge in [-0.05, 0) is 24.5 Å². The third kappa shape index (κ3) is 4.08. The number of rotatable bonds is 5. The second kappa shape index (κ2) is 6.87. The molecule has 1 atom stereocenters. The SMILES string of the molecule is CSCC(NC(=O)c1ccc(Cl)cc1Cl)C(=O)O. The van der Waals surface area contributed by atoms with E-state index in [-0.39, 0.29) is 16.3 Å². The Bertz CT molecular complexity index is 468. The highest BCUT2D eigenvalue weighted by Crippen LogP contribution is 2.21. The van der Waals surface area contributed by atoms with Gasteiger partial charge in [0.1, 0.15) is 6.04 Å². The Balaban J connectivity index is 2.83. The van der Waals surface area contributed by atoms with E-state index < -0.39 is 17.9 Å². The summed E-state index contributed by atoms with van der Waals surface area (Å²) in [6, 6.07) is 3.46. The van der Waals surface area contributed by atoms with Gasteiger partial charge >= 0.3 is 5.97 Å². The van der Waals surface area contributed by atoms with Crippen LogP contribution in [0.15, 0.2) is 18.2 Å². The Morgan fingerprint density at radius 3 is 2.61 bits per heavy atom. The fraction of sp³-hybridized carbons (Fsp3) is 0.273. The molecule has 0 aliphatic rings. The molecule has 1 rings (SSSR count). The minimum Gasteiger partial charge on any atom is -0.480 e. The van der Waals surface area contributed by atoms with Gasteiger partial charge in [-0.15, -0.1) is 0 Å². The number of halogens is 2. The van der Waals surface area contributed by atoms with Crippen LogP contribution in [0.5, 0.6) is 0 Å². The average molecular weight is 308 g/mol. The van der Waals surface area contributed by atoms with Crippen LogP contribution in [0.25, 0.3) is 0 Å². The number of hydrogen-bond donors (Lipinski definition) is 2. The van der Waals surface area contributed by atoms with Gasteiger partial charge in [0.2, 0.25) is 0 Å². The van der Waals surface area contributed by atoms with Gasteiger partial charge in [-0.3, -0.25) is 4.79 Å². The highest BCUT2D eigenvalue weighted by molar-refractivity contribution is 7.98. The molecule has 2 N–H and O–H groups in total. The topological polar surface area (TPSA) is 66.4 Å². The number of carboxylic acid groups (broad SMARTS) is 1. The van der Waals surface area contributed by atoms with E-state index >= 15 is 0 Å². The highest BCUT2D eigenvalue weighted by Gasteiger charge is 2.21. The molecular weight excluding hydrogens is 297 g/mol. The molecule has 98 valence electrons. The highest BCUT2D eigenvalue weighted by atomic mass is 35.5. The average Bonchev–Trinajstić information content (AvgIpc) is 2.27. The molecular formula is C11H11Cl2NO3S.